The monoisotopic (exact) mass is 257 g/mol. The topological polar surface area (TPSA) is 55.8 Å². The molecular formula is C13H23NO4. The van der Waals surface area contributed by atoms with Crippen molar-refractivity contribution in [3.63, 3.8) is 0 Å². The molecule has 1 heterocycles. The van der Waals surface area contributed by atoms with Gasteiger partial charge in [-0.2, -0.15) is 0 Å². The van der Waals surface area contributed by atoms with Gasteiger partial charge in [-0.1, -0.05) is 0 Å². The van der Waals surface area contributed by atoms with E-state index in [9.17, 15) is 9.59 Å². The molecule has 5 heteroatoms. The first-order valence-corrected chi connectivity index (χ1v) is 6.33. The van der Waals surface area contributed by atoms with Crippen LogP contribution in [0.2, 0.25) is 0 Å². The van der Waals surface area contributed by atoms with Crippen LogP contribution in [0.3, 0.4) is 0 Å². The summed E-state index contributed by atoms with van der Waals surface area (Å²) in [5, 5.41) is 0. The number of carbonyl (C=O) groups excluding carboxylic acids is 2. The Morgan fingerprint density at radius 3 is 2.28 bits per heavy atom. The summed E-state index contributed by atoms with van der Waals surface area (Å²) in [7, 11) is 1.54. The molecule has 0 saturated carbocycles. The number of nitrogens with zero attached hydrogens (tertiary/aromatic N) is 1. The molecule has 1 atom stereocenters. The summed E-state index contributed by atoms with van der Waals surface area (Å²) in [5.74, 6) is 0.200. The molecule has 0 N–H and O–H groups in total. The maximum absolute atomic E-state index is 11.8. The third-order valence-electron chi connectivity index (χ3n) is 3.06. The predicted molar refractivity (Wildman–Crippen MR) is 67.4 cm³/mol. The third-order valence-corrected chi connectivity index (χ3v) is 3.06. The molecule has 1 aliphatic rings. The molecule has 0 aromatic carbocycles. The van der Waals surface area contributed by atoms with Crippen LogP contribution in [-0.4, -0.2) is 49.2 Å². The van der Waals surface area contributed by atoms with E-state index in [0.717, 1.165) is 19.1 Å². The Kier molecular flexibility index (Phi) is 5.14. The fourth-order valence-electron chi connectivity index (χ4n) is 2.10. The summed E-state index contributed by atoms with van der Waals surface area (Å²) in [6.07, 6.45) is 1.76. The molecule has 1 unspecified atom stereocenters. The zero-order valence-electron chi connectivity index (χ0n) is 11.6. The number of rotatable bonds is 3. The van der Waals surface area contributed by atoms with Crippen LogP contribution in [0, 0.1) is 5.92 Å². The van der Waals surface area contributed by atoms with Crippen LogP contribution >= 0.6 is 0 Å². The van der Waals surface area contributed by atoms with Crippen molar-refractivity contribution < 1.29 is 19.1 Å². The van der Waals surface area contributed by atoms with Crippen molar-refractivity contribution >= 4 is 12.4 Å². The Morgan fingerprint density at radius 1 is 1.33 bits per heavy atom. The van der Waals surface area contributed by atoms with Gasteiger partial charge in [0.25, 0.3) is 0 Å². The molecule has 0 aromatic heterocycles. The summed E-state index contributed by atoms with van der Waals surface area (Å²) in [6, 6.07) is 0. The minimum absolute atomic E-state index is 0.200. The van der Waals surface area contributed by atoms with Crippen LogP contribution < -0.4 is 0 Å². The highest BCUT2D eigenvalue weighted by atomic mass is 16.6. The molecule has 0 spiro atoms. The quantitative estimate of drug-likeness (QED) is 0.724. The molecule has 18 heavy (non-hydrogen) atoms. The minimum Gasteiger partial charge on any atom is -0.444 e. The molecule has 5 nitrogen and oxygen atoms in total. The molecule has 0 radical (unpaired) electrons. The number of piperidine rings is 1. The van der Waals surface area contributed by atoms with Crippen LogP contribution in [0.25, 0.3) is 0 Å². The van der Waals surface area contributed by atoms with Crippen molar-refractivity contribution in [3.05, 3.63) is 0 Å². The Balaban J connectivity index is 2.44. The lowest BCUT2D eigenvalue weighted by Crippen LogP contribution is -2.44. The lowest BCUT2D eigenvalue weighted by Gasteiger charge is -2.34. The van der Waals surface area contributed by atoms with Gasteiger partial charge in [0.05, 0.1) is 0 Å². The van der Waals surface area contributed by atoms with Gasteiger partial charge in [0, 0.05) is 20.2 Å². The third kappa shape index (κ3) is 4.29. The fraction of sp³-hybridized carbons (Fsp3) is 0.846. The van der Waals surface area contributed by atoms with Gasteiger partial charge in [-0.3, -0.25) is 0 Å². The second-order valence-electron chi connectivity index (χ2n) is 5.64. The molecule has 0 aliphatic carbocycles. The Hall–Kier alpha value is -1.10. The van der Waals surface area contributed by atoms with Crippen molar-refractivity contribution in [2.75, 3.05) is 20.2 Å². The van der Waals surface area contributed by atoms with Gasteiger partial charge in [-0.05, 0) is 39.5 Å². The van der Waals surface area contributed by atoms with Crippen LogP contribution in [0.15, 0.2) is 0 Å². The summed E-state index contributed by atoms with van der Waals surface area (Å²) >= 11 is 0. The van der Waals surface area contributed by atoms with E-state index in [-0.39, 0.29) is 18.1 Å². The molecule has 1 rings (SSSR count). The predicted octanol–water partition coefficient (Wildman–Crippen LogP) is 1.85. The van der Waals surface area contributed by atoms with Gasteiger partial charge >= 0.3 is 6.09 Å². The highest BCUT2D eigenvalue weighted by Gasteiger charge is 2.30. The van der Waals surface area contributed by atoms with E-state index in [4.69, 9.17) is 9.47 Å². The largest absolute Gasteiger partial charge is 0.444 e. The Labute approximate surface area is 108 Å². The maximum Gasteiger partial charge on any atom is 0.410 e. The maximum atomic E-state index is 11.8. The second kappa shape index (κ2) is 6.18. The SMILES string of the molecule is COC(C=O)C1CCN(C(=O)OC(C)(C)C)CC1. The number of hydrogen-bond donors (Lipinski definition) is 0. The second-order valence-corrected chi connectivity index (χ2v) is 5.64. The van der Waals surface area contributed by atoms with Gasteiger partial charge < -0.3 is 19.2 Å². The number of hydrogen-bond acceptors (Lipinski definition) is 4. The molecule has 0 bridgehead atoms. The summed E-state index contributed by atoms with van der Waals surface area (Å²) in [6.45, 7) is 6.79. The van der Waals surface area contributed by atoms with Gasteiger partial charge in [0.15, 0.2) is 0 Å². The van der Waals surface area contributed by atoms with E-state index in [1.54, 1.807) is 12.0 Å². The van der Waals surface area contributed by atoms with Crippen molar-refractivity contribution in [1.82, 2.24) is 4.90 Å². The van der Waals surface area contributed by atoms with Crippen molar-refractivity contribution in [2.24, 2.45) is 5.92 Å². The number of carbonyl (C=O) groups is 2. The van der Waals surface area contributed by atoms with Gasteiger partial charge in [-0.25, -0.2) is 4.79 Å². The first kappa shape index (κ1) is 15.0. The first-order valence-electron chi connectivity index (χ1n) is 6.33. The van der Waals surface area contributed by atoms with Crippen LogP contribution in [0.5, 0.6) is 0 Å². The van der Waals surface area contributed by atoms with Gasteiger partial charge in [-0.15, -0.1) is 0 Å². The summed E-state index contributed by atoms with van der Waals surface area (Å²) < 4.78 is 10.4. The molecule has 1 fully saturated rings. The number of ether oxygens (including phenoxy) is 2. The average Bonchev–Trinajstić information content (AvgIpc) is 2.29. The fourth-order valence-corrected chi connectivity index (χ4v) is 2.10. The van der Waals surface area contributed by atoms with E-state index in [0.29, 0.717) is 13.1 Å². The standard InChI is InChI=1S/C13H23NO4/c1-13(2,3)18-12(16)14-7-5-10(6-8-14)11(9-15)17-4/h9-11H,5-8H2,1-4H3. The smallest absolute Gasteiger partial charge is 0.410 e. The average molecular weight is 257 g/mol. The number of amides is 1. The van der Waals surface area contributed by atoms with Gasteiger partial charge in [0.2, 0.25) is 0 Å². The lowest BCUT2D eigenvalue weighted by atomic mass is 9.92. The number of methoxy groups -OCH3 is 1. The van der Waals surface area contributed by atoms with E-state index in [1.807, 2.05) is 20.8 Å². The summed E-state index contributed by atoms with van der Waals surface area (Å²) in [5.41, 5.74) is -0.466. The van der Waals surface area contributed by atoms with E-state index in [2.05, 4.69) is 0 Å². The molecule has 0 aromatic rings. The van der Waals surface area contributed by atoms with E-state index in [1.165, 1.54) is 0 Å². The number of aldehydes is 1. The minimum atomic E-state index is -0.466. The van der Waals surface area contributed by atoms with Crippen molar-refractivity contribution in [3.8, 4) is 0 Å². The van der Waals surface area contributed by atoms with E-state index >= 15 is 0 Å². The summed E-state index contributed by atoms with van der Waals surface area (Å²) in [4.78, 5) is 24.3. The first-order chi connectivity index (χ1) is 8.37. The zero-order valence-corrected chi connectivity index (χ0v) is 11.6. The van der Waals surface area contributed by atoms with Crippen LogP contribution in [0.1, 0.15) is 33.6 Å². The normalized spacial score (nSPS) is 19.4. The molecular weight excluding hydrogens is 234 g/mol. The zero-order chi connectivity index (χ0) is 13.8. The van der Waals surface area contributed by atoms with Crippen molar-refractivity contribution in [1.29, 1.82) is 0 Å². The van der Waals surface area contributed by atoms with Crippen LogP contribution in [0.4, 0.5) is 4.79 Å². The van der Waals surface area contributed by atoms with Crippen LogP contribution in [-0.2, 0) is 14.3 Å². The molecule has 1 aliphatic heterocycles. The van der Waals surface area contributed by atoms with Gasteiger partial charge in [0.1, 0.15) is 18.0 Å². The van der Waals surface area contributed by atoms with Crippen molar-refractivity contribution in [2.45, 2.75) is 45.3 Å². The number of likely N-dealkylation sites (tertiary alicyclic amines) is 1. The molecule has 1 amide bonds. The Bertz CT molecular complexity index is 290. The van der Waals surface area contributed by atoms with E-state index < -0.39 is 5.60 Å². The highest BCUT2D eigenvalue weighted by Crippen LogP contribution is 2.22. The lowest BCUT2D eigenvalue weighted by molar-refractivity contribution is -0.120. The highest BCUT2D eigenvalue weighted by molar-refractivity contribution is 5.68. The Morgan fingerprint density at radius 2 is 1.89 bits per heavy atom. The molecule has 104 valence electrons. The molecule has 1 saturated heterocycles.